The van der Waals surface area contributed by atoms with E-state index in [9.17, 15) is 9.18 Å². The van der Waals surface area contributed by atoms with Crippen LogP contribution < -0.4 is 15.8 Å². The molecule has 11 heteroatoms. The third-order valence-electron chi connectivity index (χ3n) is 6.14. The zero-order valence-electron chi connectivity index (χ0n) is 21.6. The van der Waals surface area contributed by atoms with Crippen LogP contribution >= 0.6 is 11.6 Å². The second-order valence-electron chi connectivity index (χ2n) is 8.77. The van der Waals surface area contributed by atoms with E-state index in [-0.39, 0.29) is 37.2 Å². The number of amides is 1. The molecule has 4 rings (SSSR count). The van der Waals surface area contributed by atoms with Gasteiger partial charge in [0.15, 0.2) is 12.1 Å². The van der Waals surface area contributed by atoms with Crippen LogP contribution in [0, 0.1) is 5.82 Å². The Morgan fingerprint density at radius 1 is 1.38 bits per heavy atom. The van der Waals surface area contributed by atoms with E-state index >= 15 is 0 Å². The average Bonchev–Trinajstić information content (AvgIpc) is 2.92. The highest BCUT2D eigenvalue weighted by Gasteiger charge is 2.20. The SMILES string of the molecule is [2H]CN(Cc1cc2c(Nc3cccc(Cl)c3F)ncnc2cc1OCCOC1CCCCO1)[C@@H](C)C(N)=O. The first-order valence-corrected chi connectivity index (χ1v) is 12.4. The molecule has 0 spiro atoms. The van der Waals surface area contributed by atoms with Gasteiger partial charge in [0, 0.05) is 31.5 Å². The summed E-state index contributed by atoms with van der Waals surface area (Å²) in [6.07, 6.45) is 4.09. The molecule has 37 heavy (non-hydrogen) atoms. The molecular weight excluding hydrogens is 501 g/mol. The van der Waals surface area contributed by atoms with E-state index in [1.54, 1.807) is 36.1 Å². The molecule has 0 saturated carbocycles. The van der Waals surface area contributed by atoms with Crippen molar-refractivity contribution in [2.24, 2.45) is 5.73 Å². The van der Waals surface area contributed by atoms with Gasteiger partial charge in [0.1, 0.15) is 24.5 Å². The fraction of sp³-hybridized carbons (Fsp3) is 0.423. The molecule has 198 valence electrons. The van der Waals surface area contributed by atoms with Crippen molar-refractivity contribution in [2.75, 3.05) is 32.2 Å². The number of rotatable bonds is 11. The van der Waals surface area contributed by atoms with Crippen LogP contribution in [0.4, 0.5) is 15.9 Å². The number of halogens is 2. The minimum absolute atomic E-state index is 0.0166. The molecule has 2 heterocycles. The zero-order chi connectivity index (χ0) is 27.1. The molecule has 3 aromatic rings. The van der Waals surface area contributed by atoms with Crippen molar-refractivity contribution in [1.29, 1.82) is 0 Å². The first kappa shape index (κ1) is 25.6. The summed E-state index contributed by atoms with van der Waals surface area (Å²) in [5.41, 5.74) is 6.90. The van der Waals surface area contributed by atoms with Crippen molar-refractivity contribution in [1.82, 2.24) is 14.9 Å². The number of aromatic nitrogens is 2. The van der Waals surface area contributed by atoms with Gasteiger partial charge in [-0.05, 0) is 51.4 Å². The minimum Gasteiger partial charge on any atom is -0.491 e. The maximum atomic E-state index is 14.6. The average molecular weight is 533 g/mol. The molecule has 0 aliphatic carbocycles. The van der Waals surface area contributed by atoms with Crippen LogP contribution in [0.3, 0.4) is 0 Å². The monoisotopic (exact) mass is 532 g/mol. The molecule has 0 bridgehead atoms. The summed E-state index contributed by atoms with van der Waals surface area (Å²) in [5, 5.41) is 3.57. The van der Waals surface area contributed by atoms with Crippen LogP contribution in [-0.4, -0.2) is 60.0 Å². The minimum atomic E-state index is -0.673. The van der Waals surface area contributed by atoms with E-state index in [0.29, 0.717) is 41.2 Å². The number of primary amides is 1. The molecule has 1 aliphatic rings. The molecule has 1 aliphatic heterocycles. The Balaban J connectivity index is 1.62. The predicted molar refractivity (Wildman–Crippen MR) is 139 cm³/mol. The van der Waals surface area contributed by atoms with Crippen molar-refractivity contribution in [2.45, 2.75) is 45.1 Å². The van der Waals surface area contributed by atoms with Gasteiger partial charge in [-0.3, -0.25) is 9.69 Å². The number of likely N-dealkylation sites (N-methyl/N-ethyl adjacent to an activating group) is 1. The van der Waals surface area contributed by atoms with Crippen LogP contribution in [0.15, 0.2) is 36.7 Å². The molecule has 3 N–H and O–H groups in total. The molecule has 1 fully saturated rings. The van der Waals surface area contributed by atoms with E-state index in [1.807, 2.05) is 0 Å². The lowest BCUT2D eigenvalue weighted by Crippen LogP contribution is -2.39. The Kier molecular flexibility index (Phi) is 8.62. The maximum Gasteiger partial charge on any atom is 0.234 e. The number of nitrogens with zero attached hydrogens (tertiary/aromatic N) is 3. The van der Waals surface area contributed by atoms with E-state index in [2.05, 4.69) is 15.3 Å². The number of fused-ring (bicyclic) bond motifs is 1. The first-order valence-electron chi connectivity index (χ1n) is 12.8. The predicted octanol–water partition coefficient (Wildman–Crippen LogP) is 4.39. The summed E-state index contributed by atoms with van der Waals surface area (Å²) in [7, 11) is -0.159. The lowest BCUT2D eigenvalue weighted by atomic mass is 10.1. The van der Waals surface area contributed by atoms with E-state index in [1.165, 1.54) is 12.4 Å². The fourth-order valence-electron chi connectivity index (χ4n) is 3.92. The Bertz CT molecular complexity index is 1260. The Hall–Kier alpha value is -3.05. The third-order valence-corrected chi connectivity index (χ3v) is 6.43. The Morgan fingerprint density at radius 3 is 3.00 bits per heavy atom. The Morgan fingerprint density at radius 2 is 2.24 bits per heavy atom. The number of ether oxygens (including phenoxy) is 3. The highest BCUT2D eigenvalue weighted by Crippen LogP contribution is 2.32. The number of benzene rings is 2. The van der Waals surface area contributed by atoms with Crippen molar-refractivity contribution < 1.29 is 24.8 Å². The highest BCUT2D eigenvalue weighted by molar-refractivity contribution is 6.31. The quantitative estimate of drug-likeness (QED) is 0.350. The third kappa shape index (κ3) is 6.84. The molecular formula is C26H31ClFN5O4. The normalized spacial score (nSPS) is 17.0. The van der Waals surface area contributed by atoms with Crippen LogP contribution in [0.25, 0.3) is 10.9 Å². The number of nitrogens with one attached hydrogen (secondary N) is 1. The topological polar surface area (TPSA) is 112 Å². The number of nitrogens with two attached hydrogens (primary N) is 1. The van der Waals surface area contributed by atoms with E-state index in [4.69, 9.17) is 32.9 Å². The molecule has 1 amide bonds. The second kappa shape index (κ2) is 12.5. The van der Waals surface area contributed by atoms with Gasteiger partial charge in [0.25, 0.3) is 0 Å². The van der Waals surface area contributed by atoms with Crippen LogP contribution in [0.1, 0.15) is 33.1 Å². The number of carbonyl (C=O) groups is 1. The molecule has 9 nitrogen and oxygen atoms in total. The van der Waals surface area contributed by atoms with Gasteiger partial charge in [-0.25, -0.2) is 14.4 Å². The molecule has 1 saturated heterocycles. The molecule has 0 radical (unpaired) electrons. The summed E-state index contributed by atoms with van der Waals surface area (Å²) in [6.45, 7) is 3.12. The van der Waals surface area contributed by atoms with Crippen molar-refractivity contribution in [3.8, 4) is 5.75 Å². The van der Waals surface area contributed by atoms with Gasteiger partial charge in [-0.2, -0.15) is 0 Å². The lowest BCUT2D eigenvalue weighted by molar-refractivity contribution is -0.165. The van der Waals surface area contributed by atoms with Gasteiger partial charge in [0.2, 0.25) is 5.91 Å². The number of hydrogen-bond donors (Lipinski definition) is 2. The van der Waals surface area contributed by atoms with Crippen LogP contribution in [0.2, 0.25) is 5.02 Å². The van der Waals surface area contributed by atoms with Gasteiger partial charge in [-0.1, -0.05) is 17.7 Å². The molecule has 1 unspecified atom stereocenters. The van der Waals surface area contributed by atoms with Crippen molar-refractivity contribution >= 4 is 39.9 Å². The summed E-state index contributed by atoms with van der Waals surface area (Å²) in [6, 6.07) is 7.53. The van der Waals surface area contributed by atoms with Crippen LogP contribution in [-0.2, 0) is 20.8 Å². The second-order valence-corrected chi connectivity index (χ2v) is 9.17. The number of hydrogen-bond acceptors (Lipinski definition) is 8. The Labute approximate surface area is 221 Å². The van der Waals surface area contributed by atoms with Gasteiger partial charge in [0.05, 0.1) is 28.9 Å². The highest BCUT2D eigenvalue weighted by atomic mass is 35.5. The summed E-state index contributed by atoms with van der Waals surface area (Å²) in [4.78, 5) is 22.1. The number of carbonyl (C=O) groups excluding carboxylic acids is 1. The van der Waals surface area contributed by atoms with E-state index in [0.717, 1.165) is 19.3 Å². The summed E-state index contributed by atoms with van der Waals surface area (Å²) < 4.78 is 40.0. The maximum absolute atomic E-state index is 14.6. The molecule has 2 aromatic carbocycles. The van der Waals surface area contributed by atoms with Gasteiger partial charge < -0.3 is 25.3 Å². The number of anilines is 2. The summed E-state index contributed by atoms with van der Waals surface area (Å²) >= 11 is 5.94. The van der Waals surface area contributed by atoms with Crippen molar-refractivity contribution in [3.05, 3.63) is 53.1 Å². The fourth-order valence-corrected chi connectivity index (χ4v) is 4.10. The van der Waals surface area contributed by atoms with E-state index < -0.39 is 17.8 Å². The van der Waals surface area contributed by atoms with Gasteiger partial charge >= 0.3 is 0 Å². The molecule has 2 atom stereocenters. The molecule has 1 aromatic heterocycles. The smallest absolute Gasteiger partial charge is 0.234 e. The summed E-state index contributed by atoms with van der Waals surface area (Å²) in [5.74, 6) is -0.260. The largest absolute Gasteiger partial charge is 0.491 e. The zero-order valence-corrected chi connectivity index (χ0v) is 21.3. The lowest BCUT2D eigenvalue weighted by Gasteiger charge is -2.24. The van der Waals surface area contributed by atoms with Gasteiger partial charge in [-0.15, -0.1) is 0 Å². The van der Waals surface area contributed by atoms with Crippen molar-refractivity contribution in [3.63, 3.8) is 0 Å². The van der Waals surface area contributed by atoms with Crippen LogP contribution in [0.5, 0.6) is 5.75 Å². The standard InChI is InChI=1S/C26H31ClFN5O4/c1-16(25(29)34)33(2)14-17-12-18-21(13-22(17)35-10-11-37-23-8-3-4-9-36-23)30-15-31-26(18)32-20-7-5-6-19(27)24(20)28/h5-7,12-13,15-16,23H,3-4,8-11,14H2,1-2H3,(H2,29,34)(H,30,31,32)/t16-,23?/m0/s1/i2D. The first-order chi connectivity index (χ1) is 18.4.